The van der Waals surface area contributed by atoms with Gasteiger partial charge in [0.05, 0.1) is 19.3 Å². The highest BCUT2D eigenvalue weighted by Gasteiger charge is 2.27. The lowest BCUT2D eigenvalue weighted by atomic mass is 10.0. The first kappa shape index (κ1) is 13.0. The number of morpholine rings is 1. The van der Waals surface area contributed by atoms with Crippen LogP contribution in [0.1, 0.15) is 10.4 Å². The minimum absolute atomic E-state index is 0.0519. The summed E-state index contributed by atoms with van der Waals surface area (Å²) in [6, 6.07) is 4.22. The number of nitrogens with zero attached hydrogens (tertiary/aromatic N) is 1. The van der Waals surface area contributed by atoms with E-state index in [2.05, 4.69) is 0 Å². The van der Waals surface area contributed by atoms with E-state index in [1.165, 1.54) is 19.2 Å². The van der Waals surface area contributed by atoms with Gasteiger partial charge in [-0.05, 0) is 19.2 Å². The summed E-state index contributed by atoms with van der Waals surface area (Å²) >= 11 is 0. The van der Waals surface area contributed by atoms with Gasteiger partial charge in [-0.15, -0.1) is 0 Å². The largest absolute Gasteiger partial charge is 0.497 e. The Labute approximate surface area is 105 Å². The van der Waals surface area contributed by atoms with E-state index in [0.717, 1.165) is 6.54 Å². The number of benzene rings is 1. The van der Waals surface area contributed by atoms with Crippen molar-refractivity contribution in [2.75, 3.05) is 33.9 Å². The fraction of sp³-hybridized carbons (Fsp3) is 0.462. The summed E-state index contributed by atoms with van der Waals surface area (Å²) in [6.45, 7) is 1.77. The molecule has 1 unspecified atom stereocenters. The van der Waals surface area contributed by atoms with Crippen LogP contribution in [0.2, 0.25) is 0 Å². The van der Waals surface area contributed by atoms with E-state index in [0.29, 0.717) is 18.9 Å². The lowest BCUT2D eigenvalue weighted by Gasteiger charge is -2.29. The molecule has 5 heteroatoms. The first-order valence-corrected chi connectivity index (χ1v) is 5.79. The molecule has 1 aliphatic heterocycles. The molecule has 0 aliphatic carbocycles. The molecule has 1 atom stereocenters. The van der Waals surface area contributed by atoms with E-state index in [4.69, 9.17) is 9.47 Å². The van der Waals surface area contributed by atoms with Crippen LogP contribution in [-0.2, 0) is 4.74 Å². The molecule has 0 saturated carbocycles. The van der Waals surface area contributed by atoms with Crippen LogP contribution >= 0.6 is 0 Å². The average molecular weight is 253 g/mol. The Morgan fingerprint density at radius 1 is 1.56 bits per heavy atom. The number of rotatable bonds is 3. The molecule has 0 radical (unpaired) electrons. The Kier molecular flexibility index (Phi) is 3.93. The van der Waals surface area contributed by atoms with E-state index in [-0.39, 0.29) is 11.3 Å². The van der Waals surface area contributed by atoms with Crippen LogP contribution in [0.25, 0.3) is 0 Å². The number of carbonyl (C=O) groups excluding carboxylic acids is 1. The third-order valence-corrected chi connectivity index (χ3v) is 3.00. The molecular weight excluding hydrogens is 237 g/mol. The van der Waals surface area contributed by atoms with Gasteiger partial charge >= 0.3 is 0 Å². The predicted molar refractivity (Wildman–Crippen MR) is 64.5 cm³/mol. The zero-order valence-electron chi connectivity index (χ0n) is 10.5. The molecule has 2 rings (SSSR count). The summed E-state index contributed by atoms with van der Waals surface area (Å²) in [5.74, 6) is -0.497. The Hall–Kier alpha value is -1.46. The van der Waals surface area contributed by atoms with Crippen molar-refractivity contribution in [3.63, 3.8) is 0 Å². The molecule has 0 spiro atoms. The van der Waals surface area contributed by atoms with Crippen LogP contribution in [0, 0.1) is 5.82 Å². The third kappa shape index (κ3) is 2.68. The van der Waals surface area contributed by atoms with Crippen molar-refractivity contribution in [2.24, 2.45) is 0 Å². The normalized spacial score (nSPS) is 20.7. The predicted octanol–water partition coefficient (Wildman–Crippen LogP) is 1.35. The zero-order valence-corrected chi connectivity index (χ0v) is 10.5. The minimum atomic E-state index is -0.591. The van der Waals surface area contributed by atoms with Crippen molar-refractivity contribution in [3.05, 3.63) is 29.6 Å². The maximum absolute atomic E-state index is 13.8. The van der Waals surface area contributed by atoms with Crippen molar-refractivity contribution in [2.45, 2.75) is 6.10 Å². The lowest BCUT2D eigenvalue weighted by Crippen LogP contribution is -2.44. The molecule has 1 aromatic carbocycles. The van der Waals surface area contributed by atoms with Crippen LogP contribution < -0.4 is 4.74 Å². The first-order chi connectivity index (χ1) is 8.61. The van der Waals surface area contributed by atoms with Gasteiger partial charge in [-0.25, -0.2) is 4.39 Å². The summed E-state index contributed by atoms with van der Waals surface area (Å²) in [5.41, 5.74) is 0.0519. The van der Waals surface area contributed by atoms with E-state index in [9.17, 15) is 9.18 Å². The lowest BCUT2D eigenvalue weighted by molar-refractivity contribution is -0.00883. The maximum atomic E-state index is 13.8. The summed E-state index contributed by atoms with van der Waals surface area (Å²) in [6.07, 6.45) is -0.591. The van der Waals surface area contributed by atoms with Crippen LogP contribution in [0.4, 0.5) is 4.39 Å². The number of halogens is 1. The van der Waals surface area contributed by atoms with Gasteiger partial charge < -0.3 is 14.4 Å². The van der Waals surface area contributed by atoms with E-state index < -0.39 is 11.9 Å². The molecule has 1 fully saturated rings. The van der Waals surface area contributed by atoms with Gasteiger partial charge in [0.1, 0.15) is 17.7 Å². The number of methoxy groups -OCH3 is 1. The monoisotopic (exact) mass is 253 g/mol. The topological polar surface area (TPSA) is 38.8 Å². The SMILES string of the molecule is COc1ccc(C(=O)C2CN(C)CCO2)c(F)c1. The van der Waals surface area contributed by atoms with Gasteiger partial charge in [0.15, 0.2) is 5.78 Å². The summed E-state index contributed by atoms with van der Waals surface area (Å²) < 4.78 is 24.1. The summed E-state index contributed by atoms with van der Waals surface area (Å²) in [4.78, 5) is 14.1. The summed E-state index contributed by atoms with van der Waals surface area (Å²) in [5, 5.41) is 0. The molecule has 1 aliphatic rings. The average Bonchev–Trinajstić information content (AvgIpc) is 2.37. The Balaban J connectivity index is 2.17. The highest BCUT2D eigenvalue weighted by atomic mass is 19.1. The number of Topliss-reactive ketones (excluding diaryl/α,β-unsaturated/α-hetero) is 1. The number of ether oxygens (including phenoxy) is 2. The number of ketones is 1. The Morgan fingerprint density at radius 3 is 2.94 bits per heavy atom. The van der Waals surface area contributed by atoms with Gasteiger partial charge in [-0.2, -0.15) is 0 Å². The number of carbonyl (C=O) groups is 1. The van der Waals surface area contributed by atoms with Crippen molar-refractivity contribution in [3.8, 4) is 5.75 Å². The quantitative estimate of drug-likeness (QED) is 0.762. The van der Waals surface area contributed by atoms with Gasteiger partial charge in [-0.1, -0.05) is 0 Å². The maximum Gasteiger partial charge on any atom is 0.195 e. The highest BCUT2D eigenvalue weighted by Crippen LogP contribution is 2.19. The van der Waals surface area contributed by atoms with E-state index >= 15 is 0 Å². The smallest absolute Gasteiger partial charge is 0.195 e. The molecule has 1 aromatic rings. The second-order valence-electron chi connectivity index (χ2n) is 4.33. The standard InChI is InChI=1S/C13H16FNO3/c1-15-5-6-18-12(8-15)13(16)10-4-3-9(17-2)7-11(10)14/h3-4,7,12H,5-6,8H2,1-2H3. The molecule has 98 valence electrons. The highest BCUT2D eigenvalue weighted by molar-refractivity contribution is 6.00. The fourth-order valence-corrected chi connectivity index (χ4v) is 1.93. The van der Waals surface area contributed by atoms with Gasteiger partial charge in [0, 0.05) is 19.2 Å². The molecule has 1 saturated heterocycles. The van der Waals surface area contributed by atoms with Crippen molar-refractivity contribution in [1.29, 1.82) is 0 Å². The number of hydrogen-bond donors (Lipinski definition) is 0. The van der Waals surface area contributed by atoms with Crippen molar-refractivity contribution in [1.82, 2.24) is 4.90 Å². The second-order valence-corrected chi connectivity index (χ2v) is 4.33. The molecule has 0 bridgehead atoms. The second kappa shape index (κ2) is 5.46. The van der Waals surface area contributed by atoms with E-state index in [1.807, 2.05) is 11.9 Å². The van der Waals surface area contributed by atoms with Crippen LogP contribution in [0.5, 0.6) is 5.75 Å². The van der Waals surface area contributed by atoms with Gasteiger partial charge in [-0.3, -0.25) is 4.79 Å². The third-order valence-electron chi connectivity index (χ3n) is 3.00. The molecule has 1 heterocycles. The number of likely N-dealkylation sites (N-methyl/N-ethyl adjacent to an activating group) is 1. The van der Waals surface area contributed by atoms with Crippen molar-refractivity contribution < 1.29 is 18.7 Å². The fourth-order valence-electron chi connectivity index (χ4n) is 1.93. The Morgan fingerprint density at radius 2 is 2.33 bits per heavy atom. The molecule has 0 N–H and O–H groups in total. The summed E-state index contributed by atoms with van der Waals surface area (Å²) in [7, 11) is 3.36. The zero-order chi connectivity index (χ0) is 13.1. The van der Waals surface area contributed by atoms with Crippen LogP contribution in [0.3, 0.4) is 0 Å². The van der Waals surface area contributed by atoms with Crippen LogP contribution in [0.15, 0.2) is 18.2 Å². The van der Waals surface area contributed by atoms with Gasteiger partial charge in [0.25, 0.3) is 0 Å². The van der Waals surface area contributed by atoms with Gasteiger partial charge in [0.2, 0.25) is 0 Å². The molecule has 18 heavy (non-hydrogen) atoms. The molecule has 0 aromatic heterocycles. The number of hydrogen-bond acceptors (Lipinski definition) is 4. The minimum Gasteiger partial charge on any atom is -0.497 e. The molecular formula is C13H16FNO3. The first-order valence-electron chi connectivity index (χ1n) is 5.79. The molecule has 0 amide bonds. The van der Waals surface area contributed by atoms with Crippen LogP contribution in [-0.4, -0.2) is 50.6 Å². The van der Waals surface area contributed by atoms with E-state index in [1.54, 1.807) is 6.07 Å². The Bertz CT molecular complexity index is 450. The molecule has 4 nitrogen and oxygen atoms in total. The van der Waals surface area contributed by atoms with Crippen molar-refractivity contribution >= 4 is 5.78 Å².